The SMILES string of the molecule is c1ccc(-c2ccc(N(c3ccc(-c4cc5sc6ccccc6c5cc4-c4ccccc4)cc3)c3ccc(-c4ccccc4)c4ccccc34)cc2)cc1. The van der Waals surface area contributed by atoms with Crippen LogP contribution in [0.3, 0.4) is 0 Å². The lowest BCUT2D eigenvalue weighted by molar-refractivity contribution is 1.30. The highest BCUT2D eigenvalue weighted by molar-refractivity contribution is 7.25. The standard InChI is InChI=1S/C52H35NS/c1-4-14-36(15-5-1)37-24-28-41(29-25-37)53(50-33-32-43(38-16-6-2-7-17-38)44-20-10-11-21-45(44)50)42-30-26-40(27-31-42)48-35-52-49(46-22-12-13-23-51(46)54-52)34-47(48)39-18-8-3-9-19-39/h1-35H. The Bertz CT molecular complexity index is 2890. The van der Waals surface area contributed by atoms with Gasteiger partial charge in [-0.25, -0.2) is 0 Å². The minimum absolute atomic E-state index is 1.10. The number of benzene rings is 9. The Morgan fingerprint density at radius 3 is 1.39 bits per heavy atom. The summed E-state index contributed by atoms with van der Waals surface area (Å²) in [4.78, 5) is 2.41. The van der Waals surface area contributed by atoms with Gasteiger partial charge in [-0.15, -0.1) is 11.3 Å². The summed E-state index contributed by atoms with van der Waals surface area (Å²) in [5.74, 6) is 0. The maximum Gasteiger partial charge on any atom is 0.0540 e. The van der Waals surface area contributed by atoms with Crippen molar-refractivity contribution in [2.75, 3.05) is 4.90 Å². The van der Waals surface area contributed by atoms with Gasteiger partial charge in [0.15, 0.2) is 0 Å². The molecule has 0 aliphatic heterocycles. The molecule has 0 radical (unpaired) electrons. The van der Waals surface area contributed by atoms with E-state index in [4.69, 9.17) is 0 Å². The van der Waals surface area contributed by atoms with E-state index in [1.807, 2.05) is 11.3 Å². The molecule has 0 atom stereocenters. The third-order valence-corrected chi connectivity index (χ3v) is 11.6. The van der Waals surface area contributed by atoms with Crippen molar-refractivity contribution in [2.45, 2.75) is 0 Å². The molecule has 0 bridgehead atoms. The van der Waals surface area contributed by atoms with Crippen LogP contribution in [0.4, 0.5) is 17.1 Å². The quantitative estimate of drug-likeness (QED) is 0.160. The number of rotatable bonds is 7. The number of fused-ring (bicyclic) bond motifs is 4. The number of thiophene rings is 1. The Morgan fingerprint density at radius 1 is 0.278 bits per heavy atom. The topological polar surface area (TPSA) is 3.24 Å². The molecule has 0 saturated heterocycles. The van der Waals surface area contributed by atoms with E-state index < -0.39 is 0 Å². The average molecular weight is 706 g/mol. The van der Waals surface area contributed by atoms with Gasteiger partial charge in [-0.1, -0.05) is 164 Å². The van der Waals surface area contributed by atoms with Crippen LogP contribution >= 0.6 is 11.3 Å². The molecule has 0 fully saturated rings. The van der Waals surface area contributed by atoms with Gasteiger partial charge < -0.3 is 4.90 Å². The minimum Gasteiger partial charge on any atom is -0.310 e. The van der Waals surface area contributed by atoms with Crippen LogP contribution in [-0.4, -0.2) is 0 Å². The van der Waals surface area contributed by atoms with Crippen molar-refractivity contribution in [2.24, 2.45) is 0 Å². The molecule has 1 aromatic heterocycles. The molecular weight excluding hydrogens is 671 g/mol. The minimum atomic E-state index is 1.10. The van der Waals surface area contributed by atoms with E-state index in [1.165, 1.54) is 75.5 Å². The first-order valence-electron chi connectivity index (χ1n) is 18.4. The number of hydrogen-bond donors (Lipinski definition) is 0. The third kappa shape index (κ3) is 5.74. The molecule has 54 heavy (non-hydrogen) atoms. The van der Waals surface area contributed by atoms with Crippen LogP contribution < -0.4 is 4.90 Å². The van der Waals surface area contributed by atoms with Crippen LogP contribution in [0.15, 0.2) is 212 Å². The first-order valence-corrected chi connectivity index (χ1v) is 19.2. The monoisotopic (exact) mass is 705 g/mol. The molecular formula is C52H35NS. The zero-order valence-electron chi connectivity index (χ0n) is 29.6. The summed E-state index contributed by atoms with van der Waals surface area (Å²) in [6, 6.07) is 77.1. The van der Waals surface area contributed by atoms with Gasteiger partial charge in [0.25, 0.3) is 0 Å². The fourth-order valence-electron chi connectivity index (χ4n) is 7.87. The highest BCUT2D eigenvalue weighted by Gasteiger charge is 2.19. The molecule has 10 aromatic rings. The first-order chi connectivity index (χ1) is 26.8. The molecule has 0 spiro atoms. The zero-order chi connectivity index (χ0) is 35.8. The maximum absolute atomic E-state index is 2.41. The van der Waals surface area contributed by atoms with Gasteiger partial charge in [-0.2, -0.15) is 0 Å². The van der Waals surface area contributed by atoms with Crippen LogP contribution in [-0.2, 0) is 0 Å². The largest absolute Gasteiger partial charge is 0.310 e. The van der Waals surface area contributed by atoms with Crippen LogP contribution in [0.25, 0.3) is 75.5 Å². The maximum atomic E-state index is 2.41. The fourth-order valence-corrected chi connectivity index (χ4v) is 8.99. The molecule has 0 N–H and O–H groups in total. The highest BCUT2D eigenvalue weighted by Crippen LogP contribution is 2.45. The van der Waals surface area contributed by atoms with E-state index in [2.05, 4.69) is 217 Å². The summed E-state index contributed by atoms with van der Waals surface area (Å²) in [6.45, 7) is 0. The second kappa shape index (κ2) is 13.7. The van der Waals surface area contributed by atoms with Gasteiger partial charge in [-0.3, -0.25) is 0 Å². The summed E-state index contributed by atoms with van der Waals surface area (Å²) < 4.78 is 2.62. The molecule has 0 saturated carbocycles. The van der Waals surface area contributed by atoms with Crippen molar-refractivity contribution in [1.82, 2.24) is 0 Å². The highest BCUT2D eigenvalue weighted by atomic mass is 32.1. The lowest BCUT2D eigenvalue weighted by Crippen LogP contribution is -2.10. The van der Waals surface area contributed by atoms with E-state index in [0.717, 1.165) is 17.1 Å². The van der Waals surface area contributed by atoms with Gasteiger partial charge >= 0.3 is 0 Å². The van der Waals surface area contributed by atoms with Gasteiger partial charge in [0, 0.05) is 36.9 Å². The van der Waals surface area contributed by atoms with Crippen molar-refractivity contribution in [3.63, 3.8) is 0 Å². The van der Waals surface area contributed by atoms with Gasteiger partial charge in [-0.05, 0) is 98.4 Å². The lowest BCUT2D eigenvalue weighted by atomic mass is 9.92. The number of anilines is 3. The zero-order valence-corrected chi connectivity index (χ0v) is 30.4. The Kier molecular flexibility index (Phi) is 8.09. The van der Waals surface area contributed by atoms with Crippen LogP contribution in [0.1, 0.15) is 0 Å². The molecule has 0 aliphatic carbocycles. The smallest absolute Gasteiger partial charge is 0.0540 e. The number of hydrogen-bond acceptors (Lipinski definition) is 2. The number of nitrogens with zero attached hydrogens (tertiary/aromatic N) is 1. The lowest BCUT2D eigenvalue weighted by Gasteiger charge is -2.28. The summed E-state index contributed by atoms with van der Waals surface area (Å²) in [7, 11) is 0. The summed E-state index contributed by atoms with van der Waals surface area (Å²) in [6.07, 6.45) is 0. The van der Waals surface area contributed by atoms with Crippen molar-refractivity contribution in [3.05, 3.63) is 212 Å². The van der Waals surface area contributed by atoms with Crippen molar-refractivity contribution in [3.8, 4) is 44.5 Å². The Balaban J connectivity index is 1.13. The molecule has 0 amide bonds. The Labute approximate surface area is 319 Å². The molecule has 1 nitrogen and oxygen atoms in total. The Hall–Kier alpha value is -6.74. The first kappa shape index (κ1) is 32.0. The van der Waals surface area contributed by atoms with Crippen LogP contribution in [0.5, 0.6) is 0 Å². The summed E-state index contributed by atoms with van der Waals surface area (Å²) in [5, 5.41) is 5.06. The average Bonchev–Trinajstić information content (AvgIpc) is 3.62. The predicted octanol–water partition coefficient (Wildman–Crippen LogP) is 15.3. The van der Waals surface area contributed by atoms with Crippen LogP contribution in [0, 0.1) is 0 Å². The van der Waals surface area contributed by atoms with E-state index in [0.29, 0.717) is 0 Å². The van der Waals surface area contributed by atoms with E-state index in [-0.39, 0.29) is 0 Å². The Morgan fingerprint density at radius 2 is 0.741 bits per heavy atom. The predicted molar refractivity (Wildman–Crippen MR) is 233 cm³/mol. The molecule has 254 valence electrons. The van der Waals surface area contributed by atoms with Crippen molar-refractivity contribution >= 4 is 59.3 Å². The molecule has 10 rings (SSSR count). The molecule has 0 unspecified atom stereocenters. The summed E-state index contributed by atoms with van der Waals surface area (Å²) in [5.41, 5.74) is 13.1. The van der Waals surface area contributed by atoms with E-state index in [1.54, 1.807) is 0 Å². The van der Waals surface area contributed by atoms with Crippen molar-refractivity contribution < 1.29 is 0 Å². The normalized spacial score (nSPS) is 11.3. The molecule has 0 aliphatic rings. The second-order valence-corrected chi connectivity index (χ2v) is 14.8. The second-order valence-electron chi connectivity index (χ2n) is 13.7. The van der Waals surface area contributed by atoms with Crippen molar-refractivity contribution in [1.29, 1.82) is 0 Å². The molecule has 2 heteroatoms. The molecule has 9 aromatic carbocycles. The van der Waals surface area contributed by atoms with Gasteiger partial charge in [0.2, 0.25) is 0 Å². The molecule has 1 heterocycles. The summed E-state index contributed by atoms with van der Waals surface area (Å²) >= 11 is 1.87. The van der Waals surface area contributed by atoms with Gasteiger partial charge in [0.1, 0.15) is 0 Å². The fraction of sp³-hybridized carbons (Fsp3) is 0. The van der Waals surface area contributed by atoms with E-state index in [9.17, 15) is 0 Å². The third-order valence-electron chi connectivity index (χ3n) is 10.5. The van der Waals surface area contributed by atoms with Crippen LogP contribution in [0.2, 0.25) is 0 Å². The van der Waals surface area contributed by atoms with Gasteiger partial charge in [0.05, 0.1) is 5.69 Å². The van der Waals surface area contributed by atoms with E-state index >= 15 is 0 Å².